The van der Waals surface area contributed by atoms with Crippen molar-refractivity contribution in [3.63, 3.8) is 0 Å². The Kier molecular flexibility index (Phi) is 6.17. The second kappa shape index (κ2) is 7.41. The summed E-state index contributed by atoms with van der Waals surface area (Å²) in [6, 6.07) is 7.83. The topological polar surface area (TPSA) is 58.4 Å². The first-order valence-corrected chi connectivity index (χ1v) is 7.20. The number of nitrogens with one attached hydrogen (secondary N) is 1. The van der Waals surface area contributed by atoms with Gasteiger partial charge in [0.15, 0.2) is 0 Å². The number of carbonyl (C=O) groups is 1. The first-order chi connectivity index (χ1) is 9.39. The van der Waals surface area contributed by atoms with Gasteiger partial charge in [0.2, 0.25) is 5.91 Å². The maximum atomic E-state index is 12.2. The van der Waals surface area contributed by atoms with E-state index in [4.69, 9.17) is 5.73 Å². The normalized spacial score (nSPS) is 11.7. The first kappa shape index (κ1) is 16.7. The lowest BCUT2D eigenvalue weighted by molar-refractivity contribution is -0.118. The van der Waals surface area contributed by atoms with Crippen molar-refractivity contribution >= 4 is 11.6 Å². The average molecular weight is 277 g/mol. The van der Waals surface area contributed by atoms with Crippen molar-refractivity contribution in [2.75, 3.05) is 25.0 Å². The lowest BCUT2D eigenvalue weighted by Gasteiger charge is -2.37. The van der Waals surface area contributed by atoms with Gasteiger partial charge in [-0.2, -0.15) is 0 Å². The molecule has 20 heavy (non-hydrogen) atoms. The third-order valence-electron chi connectivity index (χ3n) is 3.49. The van der Waals surface area contributed by atoms with Crippen molar-refractivity contribution in [3.8, 4) is 0 Å². The fourth-order valence-electron chi connectivity index (χ4n) is 2.09. The van der Waals surface area contributed by atoms with Gasteiger partial charge >= 0.3 is 0 Å². The number of benzene rings is 1. The van der Waals surface area contributed by atoms with Crippen LogP contribution in [0.1, 0.15) is 32.8 Å². The Bertz CT molecular complexity index is 443. The van der Waals surface area contributed by atoms with E-state index in [0.717, 1.165) is 24.2 Å². The van der Waals surface area contributed by atoms with Crippen LogP contribution in [0.5, 0.6) is 0 Å². The third-order valence-corrected chi connectivity index (χ3v) is 3.49. The van der Waals surface area contributed by atoms with Crippen LogP contribution in [0.2, 0.25) is 0 Å². The van der Waals surface area contributed by atoms with Crippen LogP contribution >= 0.6 is 0 Å². The molecule has 1 amide bonds. The summed E-state index contributed by atoms with van der Waals surface area (Å²) in [6.07, 6.45) is 1.00. The van der Waals surface area contributed by atoms with E-state index in [2.05, 4.69) is 31.0 Å². The summed E-state index contributed by atoms with van der Waals surface area (Å²) < 4.78 is 0. The second-order valence-electron chi connectivity index (χ2n) is 5.86. The molecule has 0 unspecified atom stereocenters. The second-order valence-corrected chi connectivity index (χ2v) is 5.86. The minimum Gasteiger partial charge on any atom is -0.329 e. The van der Waals surface area contributed by atoms with Crippen molar-refractivity contribution in [1.82, 2.24) is 4.90 Å². The molecule has 1 aromatic carbocycles. The zero-order chi connectivity index (χ0) is 15.2. The Morgan fingerprint density at radius 1 is 1.40 bits per heavy atom. The van der Waals surface area contributed by atoms with Gasteiger partial charge in [0.05, 0.1) is 6.54 Å². The molecule has 0 saturated carbocycles. The van der Waals surface area contributed by atoms with Gasteiger partial charge in [-0.3, -0.25) is 9.69 Å². The van der Waals surface area contributed by atoms with E-state index in [-0.39, 0.29) is 11.4 Å². The maximum absolute atomic E-state index is 12.2. The lowest BCUT2D eigenvalue weighted by atomic mass is 10.0. The minimum atomic E-state index is -0.167. The number of nitrogens with two attached hydrogens (primary N) is 1. The molecule has 4 nitrogen and oxygen atoms in total. The maximum Gasteiger partial charge on any atom is 0.238 e. The van der Waals surface area contributed by atoms with E-state index < -0.39 is 0 Å². The summed E-state index contributed by atoms with van der Waals surface area (Å²) in [7, 11) is 0. The number of aryl methyl sites for hydroxylation is 1. The van der Waals surface area contributed by atoms with E-state index in [9.17, 15) is 4.79 Å². The van der Waals surface area contributed by atoms with Crippen molar-refractivity contribution in [1.29, 1.82) is 0 Å². The minimum absolute atomic E-state index is 0.00516. The molecule has 1 aromatic rings. The van der Waals surface area contributed by atoms with Crippen LogP contribution in [-0.4, -0.2) is 36.0 Å². The van der Waals surface area contributed by atoms with Gasteiger partial charge in [0.25, 0.3) is 0 Å². The molecule has 0 bridgehead atoms. The highest BCUT2D eigenvalue weighted by Gasteiger charge is 2.26. The number of anilines is 1. The number of carbonyl (C=O) groups excluding carboxylic acids is 1. The van der Waals surface area contributed by atoms with Crippen LogP contribution in [-0.2, 0) is 4.79 Å². The van der Waals surface area contributed by atoms with Gasteiger partial charge in [-0.1, -0.05) is 19.1 Å². The Balaban J connectivity index is 2.67. The van der Waals surface area contributed by atoms with E-state index in [1.807, 2.05) is 31.2 Å². The molecule has 0 atom stereocenters. The predicted molar refractivity (Wildman–Crippen MR) is 84.8 cm³/mol. The summed E-state index contributed by atoms with van der Waals surface area (Å²) in [5.41, 5.74) is 7.62. The quantitative estimate of drug-likeness (QED) is 0.804. The highest BCUT2D eigenvalue weighted by atomic mass is 16.2. The highest BCUT2D eigenvalue weighted by Crippen LogP contribution is 2.14. The van der Waals surface area contributed by atoms with Crippen molar-refractivity contribution in [2.45, 2.75) is 39.7 Å². The van der Waals surface area contributed by atoms with Crippen LogP contribution in [0.4, 0.5) is 5.69 Å². The zero-order valence-corrected chi connectivity index (χ0v) is 13.1. The first-order valence-electron chi connectivity index (χ1n) is 7.20. The molecule has 0 saturated heterocycles. The summed E-state index contributed by atoms with van der Waals surface area (Å²) in [5, 5.41) is 2.95. The van der Waals surface area contributed by atoms with Crippen LogP contribution in [0.3, 0.4) is 0 Å². The monoisotopic (exact) mass is 277 g/mol. The van der Waals surface area contributed by atoms with E-state index in [0.29, 0.717) is 13.1 Å². The summed E-state index contributed by atoms with van der Waals surface area (Å²) >= 11 is 0. The van der Waals surface area contributed by atoms with Crippen LogP contribution in [0, 0.1) is 6.92 Å². The largest absolute Gasteiger partial charge is 0.329 e. The molecule has 112 valence electrons. The molecule has 0 aliphatic rings. The number of rotatable bonds is 7. The Morgan fingerprint density at radius 3 is 2.65 bits per heavy atom. The van der Waals surface area contributed by atoms with E-state index >= 15 is 0 Å². The molecule has 0 aliphatic carbocycles. The third kappa shape index (κ3) is 4.94. The average Bonchev–Trinajstić information content (AvgIpc) is 2.38. The predicted octanol–water partition coefficient (Wildman–Crippen LogP) is 2.38. The summed E-state index contributed by atoms with van der Waals surface area (Å²) in [4.78, 5) is 14.3. The van der Waals surface area contributed by atoms with Crippen molar-refractivity contribution in [3.05, 3.63) is 29.8 Å². The SMILES string of the molecule is CCCN(CC(=O)Nc1cccc(C)c1)C(C)(C)CN. The molecule has 0 spiro atoms. The summed E-state index contributed by atoms with van der Waals surface area (Å²) in [6.45, 7) is 10.0. The van der Waals surface area contributed by atoms with Gasteiger partial charge in [0.1, 0.15) is 0 Å². The van der Waals surface area contributed by atoms with Gasteiger partial charge in [-0.05, 0) is 51.4 Å². The molecule has 0 aliphatic heterocycles. The number of hydrogen-bond acceptors (Lipinski definition) is 3. The molecule has 3 N–H and O–H groups in total. The molecule has 0 aromatic heterocycles. The van der Waals surface area contributed by atoms with Crippen molar-refractivity contribution < 1.29 is 4.79 Å². The Hall–Kier alpha value is -1.39. The number of amides is 1. The summed E-state index contributed by atoms with van der Waals surface area (Å²) in [5.74, 6) is 0.00516. The number of nitrogens with zero attached hydrogens (tertiary/aromatic N) is 1. The van der Waals surface area contributed by atoms with Gasteiger partial charge < -0.3 is 11.1 Å². The van der Waals surface area contributed by atoms with Gasteiger partial charge in [-0.15, -0.1) is 0 Å². The Labute approximate surface area is 122 Å². The van der Waals surface area contributed by atoms with E-state index in [1.54, 1.807) is 0 Å². The molecule has 0 radical (unpaired) electrons. The molecular formula is C16H27N3O. The van der Waals surface area contributed by atoms with Crippen LogP contribution in [0.15, 0.2) is 24.3 Å². The molecule has 1 rings (SSSR count). The van der Waals surface area contributed by atoms with Crippen LogP contribution < -0.4 is 11.1 Å². The lowest BCUT2D eigenvalue weighted by Crippen LogP contribution is -2.52. The number of hydrogen-bond donors (Lipinski definition) is 2. The molecule has 0 heterocycles. The standard InChI is InChI=1S/C16H27N3O/c1-5-9-19(16(3,4)12-17)11-15(20)18-14-8-6-7-13(2)10-14/h6-8,10H,5,9,11-12,17H2,1-4H3,(H,18,20). The fourth-order valence-corrected chi connectivity index (χ4v) is 2.09. The molecule has 0 fully saturated rings. The Morgan fingerprint density at radius 2 is 2.10 bits per heavy atom. The molecule has 4 heteroatoms. The van der Waals surface area contributed by atoms with Crippen LogP contribution in [0.25, 0.3) is 0 Å². The zero-order valence-electron chi connectivity index (χ0n) is 13.1. The van der Waals surface area contributed by atoms with Gasteiger partial charge in [-0.25, -0.2) is 0 Å². The van der Waals surface area contributed by atoms with Gasteiger partial charge in [0, 0.05) is 17.8 Å². The molecular weight excluding hydrogens is 250 g/mol. The smallest absolute Gasteiger partial charge is 0.238 e. The van der Waals surface area contributed by atoms with E-state index in [1.165, 1.54) is 0 Å². The fraction of sp³-hybridized carbons (Fsp3) is 0.562. The van der Waals surface area contributed by atoms with Crippen molar-refractivity contribution in [2.24, 2.45) is 5.73 Å². The highest BCUT2D eigenvalue weighted by molar-refractivity contribution is 5.92.